The summed E-state index contributed by atoms with van der Waals surface area (Å²) in [5, 5.41) is 9.00. The quantitative estimate of drug-likeness (QED) is 0.547. The average Bonchev–Trinajstić information content (AvgIpc) is 3.15. The first-order chi connectivity index (χ1) is 14.4. The first-order valence-corrected chi connectivity index (χ1v) is 11.2. The Labute approximate surface area is 187 Å². The lowest BCUT2D eigenvalue weighted by Gasteiger charge is -2.17. The maximum Gasteiger partial charge on any atom is 0.222 e. The molecule has 1 aliphatic rings. The van der Waals surface area contributed by atoms with Crippen molar-refractivity contribution in [2.24, 2.45) is 11.8 Å². The van der Waals surface area contributed by atoms with Crippen molar-refractivity contribution >= 4 is 17.5 Å². The molecule has 3 nitrogen and oxygen atoms in total. The third-order valence-electron chi connectivity index (χ3n) is 5.57. The van der Waals surface area contributed by atoms with Crippen LogP contribution in [0.15, 0.2) is 48.5 Å². The van der Waals surface area contributed by atoms with Gasteiger partial charge in [-0.3, -0.25) is 4.79 Å². The summed E-state index contributed by atoms with van der Waals surface area (Å²) in [5.74, 6) is 1.66. The highest BCUT2D eigenvalue weighted by atomic mass is 35.5. The fourth-order valence-corrected chi connectivity index (χ4v) is 3.52. The van der Waals surface area contributed by atoms with Gasteiger partial charge in [-0.2, -0.15) is 5.26 Å². The van der Waals surface area contributed by atoms with E-state index in [1.54, 1.807) is 12.1 Å². The van der Waals surface area contributed by atoms with Crippen LogP contribution in [0.1, 0.15) is 57.2 Å². The highest BCUT2D eigenvalue weighted by molar-refractivity contribution is 6.31. The molecular formula is C26H35ClN2O. The number of amides is 1. The van der Waals surface area contributed by atoms with Crippen molar-refractivity contribution in [1.82, 2.24) is 4.90 Å². The molecule has 1 fully saturated rings. The maximum absolute atomic E-state index is 11.4. The van der Waals surface area contributed by atoms with E-state index in [0.717, 1.165) is 31.5 Å². The zero-order valence-corrected chi connectivity index (χ0v) is 19.7. The van der Waals surface area contributed by atoms with E-state index in [9.17, 15) is 4.79 Å². The number of nitriles is 1. The van der Waals surface area contributed by atoms with E-state index in [0.29, 0.717) is 28.3 Å². The molecule has 3 rings (SSSR count). The van der Waals surface area contributed by atoms with Crippen molar-refractivity contribution < 1.29 is 4.79 Å². The second kappa shape index (κ2) is 13.8. The van der Waals surface area contributed by atoms with Gasteiger partial charge in [-0.1, -0.05) is 75.2 Å². The molecule has 0 saturated carbocycles. The normalized spacial score (nSPS) is 16.0. The van der Waals surface area contributed by atoms with Crippen LogP contribution >= 0.6 is 11.6 Å². The van der Waals surface area contributed by atoms with Crippen LogP contribution in [0.4, 0.5) is 0 Å². The number of hydrogen-bond donors (Lipinski definition) is 0. The summed E-state index contributed by atoms with van der Waals surface area (Å²) < 4.78 is 0. The molecule has 1 amide bonds. The Bertz CT molecular complexity index is 814. The van der Waals surface area contributed by atoms with Crippen molar-refractivity contribution in [3.05, 3.63) is 70.2 Å². The van der Waals surface area contributed by atoms with Crippen molar-refractivity contribution in [2.75, 3.05) is 13.1 Å². The lowest BCUT2D eigenvalue weighted by Crippen LogP contribution is -2.25. The highest BCUT2D eigenvalue weighted by Gasteiger charge is 2.30. The van der Waals surface area contributed by atoms with E-state index in [2.05, 4.69) is 52.0 Å². The SMILES string of the molecule is CCC(C)C1CC(=O)N(CC)C1.CCc1ccccc1.Cc1ccc(C#N)c(Cl)c1. The molecule has 0 aliphatic carbocycles. The number of nitrogens with zero attached hydrogens (tertiary/aromatic N) is 2. The van der Waals surface area contributed by atoms with Gasteiger partial charge < -0.3 is 4.90 Å². The Hall–Kier alpha value is -2.31. The lowest BCUT2D eigenvalue weighted by molar-refractivity contribution is -0.127. The molecule has 2 aromatic carbocycles. The van der Waals surface area contributed by atoms with E-state index >= 15 is 0 Å². The Morgan fingerprint density at radius 1 is 1.17 bits per heavy atom. The number of hydrogen-bond acceptors (Lipinski definition) is 2. The molecule has 0 radical (unpaired) electrons. The first-order valence-electron chi connectivity index (χ1n) is 10.8. The molecular weight excluding hydrogens is 392 g/mol. The number of benzene rings is 2. The second-order valence-corrected chi connectivity index (χ2v) is 8.12. The zero-order chi connectivity index (χ0) is 22.5. The molecule has 0 N–H and O–H groups in total. The number of aryl methyl sites for hydroxylation is 2. The van der Waals surface area contributed by atoms with Gasteiger partial charge in [-0.05, 0) is 55.4 Å². The van der Waals surface area contributed by atoms with Crippen molar-refractivity contribution in [3.63, 3.8) is 0 Å². The molecule has 2 aromatic rings. The summed E-state index contributed by atoms with van der Waals surface area (Å²) in [6.07, 6.45) is 3.11. The highest BCUT2D eigenvalue weighted by Crippen LogP contribution is 2.26. The summed E-state index contributed by atoms with van der Waals surface area (Å²) in [5.41, 5.74) is 3.02. The fraction of sp³-hybridized carbons (Fsp3) is 0.462. The van der Waals surface area contributed by atoms with Gasteiger partial charge in [0.15, 0.2) is 0 Å². The van der Waals surface area contributed by atoms with Crippen LogP contribution in [0.2, 0.25) is 5.02 Å². The Balaban J connectivity index is 0.000000230. The molecule has 162 valence electrons. The van der Waals surface area contributed by atoms with E-state index < -0.39 is 0 Å². The van der Waals surface area contributed by atoms with Crippen LogP contribution in [0.5, 0.6) is 0 Å². The fourth-order valence-electron chi connectivity index (χ4n) is 3.25. The molecule has 2 unspecified atom stereocenters. The molecule has 30 heavy (non-hydrogen) atoms. The average molecular weight is 427 g/mol. The number of carbonyl (C=O) groups excluding carboxylic acids is 1. The molecule has 2 atom stereocenters. The van der Waals surface area contributed by atoms with Crippen LogP contribution in [-0.4, -0.2) is 23.9 Å². The molecule has 1 heterocycles. The Morgan fingerprint density at radius 3 is 2.27 bits per heavy atom. The van der Waals surface area contributed by atoms with Crippen LogP contribution in [0, 0.1) is 30.1 Å². The summed E-state index contributed by atoms with van der Waals surface area (Å²) in [6.45, 7) is 12.5. The topological polar surface area (TPSA) is 44.1 Å². The molecule has 0 spiro atoms. The number of rotatable bonds is 4. The summed E-state index contributed by atoms with van der Waals surface area (Å²) in [4.78, 5) is 13.3. The van der Waals surface area contributed by atoms with Crippen LogP contribution in [0.25, 0.3) is 0 Å². The molecule has 0 aromatic heterocycles. The van der Waals surface area contributed by atoms with Crippen molar-refractivity contribution in [1.29, 1.82) is 5.26 Å². The van der Waals surface area contributed by atoms with Gasteiger partial charge in [-0.15, -0.1) is 0 Å². The zero-order valence-electron chi connectivity index (χ0n) is 19.0. The molecule has 1 saturated heterocycles. The van der Waals surface area contributed by atoms with Crippen molar-refractivity contribution in [3.8, 4) is 6.07 Å². The molecule has 0 bridgehead atoms. The standard InChI is InChI=1S/C10H19NO.C8H6ClN.C8H10/c1-4-8(3)9-6-10(12)11(5-2)7-9;1-6-2-3-7(5-10)8(9)4-6;1-2-8-6-4-3-5-7-8/h8-9H,4-7H2,1-3H3;2-4H,1H3;3-7H,2H2,1H3. The monoisotopic (exact) mass is 426 g/mol. The second-order valence-electron chi connectivity index (χ2n) is 7.72. The van der Waals surface area contributed by atoms with Crippen LogP contribution < -0.4 is 0 Å². The molecule has 4 heteroatoms. The van der Waals surface area contributed by atoms with E-state index in [-0.39, 0.29) is 0 Å². The minimum Gasteiger partial charge on any atom is -0.343 e. The first kappa shape index (κ1) is 25.7. The van der Waals surface area contributed by atoms with E-state index in [1.807, 2.05) is 30.0 Å². The van der Waals surface area contributed by atoms with Gasteiger partial charge in [0.1, 0.15) is 6.07 Å². The van der Waals surface area contributed by atoms with E-state index in [1.165, 1.54) is 12.0 Å². The lowest BCUT2D eigenvalue weighted by atomic mass is 9.91. The minimum absolute atomic E-state index is 0.350. The largest absolute Gasteiger partial charge is 0.343 e. The van der Waals surface area contributed by atoms with E-state index in [4.69, 9.17) is 16.9 Å². The van der Waals surface area contributed by atoms with Crippen LogP contribution in [-0.2, 0) is 11.2 Å². The summed E-state index contributed by atoms with van der Waals surface area (Å²) >= 11 is 5.71. The minimum atomic E-state index is 0.350. The summed E-state index contributed by atoms with van der Waals surface area (Å²) in [6, 6.07) is 17.8. The van der Waals surface area contributed by atoms with Gasteiger partial charge in [-0.25, -0.2) is 0 Å². The smallest absolute Gasteiger partial charge is 0.222 e. The Kier molecular flexibility index (Phi) is 11.9. The third-order valence-corrected chi connectivity index (χ3v) is 5.88. The van der Waals surface area contributed by atoms with Gasteiger partial charge in [0.2, 0.25) is 5.91 Å². The predicted octanol–water partition coefficient (Wildman–Crippen LogP) is 6.67. The number of carbonyl (C=O) groups is 1. The molecule has 1 aliphatic heterocycles. The van der Waals surface area contributed by atoms with Gasteiger partial charge >= 0.3 is 0 Å². The van der Waals surface area contributed by atoms with Crippen LogP contribution in [0.3, 0.4) is 0 Å². The number of halogens is 1. The van der Waals surface area contributed by atoms with Crippen molar-refractivity contribution in [2.45, 2.75) is 53.9 Å². The van der Waals surface area contributed by atoms with Gasteiger partial charge in [0.05, 0.1) is 10.6 Å². The van der Waals surface area contributed by atoms with Gasteiger partial charge in [0.25, 0.3) is 0 Å². The van der Waals surface area contributed by atoms with Gasteiger partial charge in [0, 0.05) is 19.5 Å². The maximum atomic E-state index is 11.4. The summed E-state index contributed by atoms with van der Waals surface area (Å²) in [7, 11) is 0. The number of likely N-dealkylation sites (tertiary alicyclic amines) is 1. The third kappa shape index (κ3) is 8.59. The predicted molar refractivity (Wildman–Crippen MR) is 127 cm³/mol. The Morgan fingerprint density at radius 2 is 1.83 bits per heavy atom.